The van der Waals surface area contributed by atoms with Gasteiger partial charge in [0, 0.05) is 71.5 Å². The first-order valence-electron chi connectivity index (χ1n) is 42.4. The summed E-state index contributed by atoms with van der Waals surface area (Å²) < 4.78 is 0. The number of hydrogen-bond donors (Lipinski definition) is 5. The zero-order valence-corrected chi connectivity index (χ0v) is 65.5. The standard InChI is InChI=1S/C84H164N10O5/c1-4-7-10-13-16-19-22-25-28-31-34-37-40-43-46-60-82(97)92(75-57-67-89-81(96)79-91(70-55-65-87)71-56-66-88)73-51-52-74-94(84(99)62-48-45-42-39-36-33-30-27-24-21-18-15-12-9-6-3)77-58-76-93(72-50-49-59-80(95)78-90(68-53-63-85)69-54-64-86)83(98)61-47-44-41-38-35-32-29-26-23-20-17-14-11-8-5-2/h25-30H,4-24,31-79,85-88H2,1-3H3,(H,89,96)/b28-25-,29-26-,30-27-. The van der Waals surface area contributed by atoms with Gasteiger partial charge in [0.1, 0.15) is 5.78 Å². The second-order valence-electron chi connectivity index (χ2n) is 29.0. The smallest absolute Gasteiger partial charge is 0.234 e. The number of carbonyl (C=O) groups excluding carboxylic acids is 5. The number of nitrogens with one attached hydrogen (secondary N) is 1. The number of nitrogens with zero attached hydrogens (tertiary/aromatic N) is 5. The van der Waals surface area contributed by atoms with Gasteiger partial charge >= 0.3 is 0 Å². The van der Waals surface area contributed by atoms with E-state index in [1.807, 2.05) is 9.80 Å². The number of allylic oxidation sites excluding steroid dienone is 6. The fourth-order valence-corrected chi connectivity index (χ4v) is 13.2. The Morgan fingerprint density at radius 3 is 0.828 bits per heavy atom. The quantitative estimate of drug-likeness (QED) is 0.0285. The number of amides is 4. The molecule has 0 unspecified atom stereocenters. The van der Waals surface area contributed by atoms with Crippen LogP contribution in [0, 0.1) is 0 Å². The lowest BCUT2D eigenvalue weighted by Crippen LogP contribution is -2.40. The largest absolute Gasteiger partial charge is 0.355 e. The van der Waals surface area contributed by atoms with Crippen molar-refractivity contribution in [1.29, 1.82) is 0 Å². The van der Waals surface area contributed by atoms with Crippen LogP contribution < -0.4 is 28.3 Å². The van der Waals surface area contributed by atoms with E-state index in [0.717, 1.165) is 155 Å². The summed E-state index contributed by atoms with van der Waals surface area (Å²) in [4.78, 5) is 79.4. The Kier molecular flexibility index (Phi) is 74.4. The van der Waals surface area contributed by atoms with Crippen LogP contribution in [0.15, 0.2) is 36.5 Å². The Morgan fingerprint density at radius 2 is 0.515 bits per heavy atom. The number of Topliss-reactive ketones (excluding diaryl/α,β-unsaturated/α-hetero) is 1. The normalized spacial score (nSPS) is 11.8. The van der Waals surface area contributed by atoms with Crippen molar-refractivity contribution < 1.29 is 24.0 Å². The number of nitrogens with two attached hydrogens (primary N) is 4. The summed E-state index contributed by atoms with van der Waals surface area (Å²) in [5.74, 6) is 0.741. The van der Waals surface area contributed by atoms with E-state index >= 15 is 0 Å². The first kappa shape index (κ1) is 95.5. The van der Waals surface area contributed by atoms with Gasteiger partial charge in [0.2, 0.25) is 23.6 Å². The predicted octanol–water partition coefficient (Wildman–Crippen LogP) is 18.0. The maximum Gasteiger partial charge on any atom is 0.234 e. The van der Waals surface area contributed by atoms with Crippen molar-refractivity contribution in [1.82, 2.24) is 29.8 Å². The van der Waals surface area contributed by atoms with Crippen molar-refractivity contribution >= 4 is 29.4 Å². The van der Waals surface area contributed by atoms with E-state index < -0.39 is 0 Å². The SMILES string of the molecule is CCCCCCCC/C=C\CCCCCCCC(=O)N(CCCCN(CCCN(CCCCC(=O)CN(CCCN)CCCN)C(=O)CCCCCCC/C=C\CCCCCCCC)C(=O)CCCCCCC/C=C\CCCCCCCC)CCCNC(=O)CN(CCCN)CCCN. The van der Waals surface area contributed by atoms with Gasteiger partial charge in [-0.1, -0.05) is 211 Å². The van der Waals surface area contributed by atoms with Crippen molar-refractivity contribution in [2.75, 3.05) is 111 Å². The molecule has 0 heterocycles. The Hall–Kier alpha value is -3.47. The molecular formula is C84H164N10O5. The summed E-state index contributed by atoms with van der Waals surface area (Å²) in [7, 11) is 0. The summed E-state index contributed by atoms with van der Waals surface area (Å²) in [5.41, 5.74) is 23.3. The third kappa shape index (κ3) is 66.2. The number of rotatable bonds is 79. The van der Waals surface area contributed by atoms with Crippen molar-refractivity contribution in [3.63, 3.8) is 0 Å². The van der Waals surface area contributed by atoms with Gasteiger partial charge < -0.3 is 43.0 Å². The molecule has 0 atom stereocenters. The molecule has 99 heavy (non-hydrogen) atoms. The van der Waals surface area contributed by atoms with Gasteiger partial charge in [-0.15, -0.1) is 0 Å². The number of ketones is 1. The molecule has 580 valence electrons. The van der Waals surface area contributed by atoms with Gasteiger partial charge in [-0.3, -0.25) is 33.8 Å². The highest BCUT2D eigenvalue weighted by Crippen LogP contribution is 2.17. The van der Waals surface area contributed by atoms with Gasteiger partial charge in [0.25, 0.3) is 0 Å². The number of carbonyl (C=O) groups is 5. The van der Waals surface area contributed by atoms with Crippen molar-refractivity contribution in [3.8, 4) is 0 Å². The average Bonchev–Trinajstić information content (AvgIpc) is 1.63. The molecule has 0 spiro atoms. The minimum Gasteiger partial charge on any atom is -0.355 e. The molecule has 0 fully saturated rings. The summed E-state index contributed by atoms with van der Waals surface area (Å²) in [5, 5.41) is 3.12. The molecule has 0 aromatic rings. The van der Waals surface area contributed by atoms with E-state index in [9.17, 15) is 24.0 Å². The van der Waals surface area contributed by atoms with E-state index in [4.69, 9.17) is 22.9 Å². The van der Waals surface area contributed by atoms with Crippen molar-refractivity contribution in [2.45, 2.75) is 361 Å². The number of unbranched alkanes of at least 4 members (excludes halogenated alkanes) is 35. The molecule has 0 radical (unpaired) electrons. The lowest BCUT2D eigenvalue weighted by atomic mass is 10.1. The highest BCUT2D eigenvalue weighted by atomic mass is 16.2. The molecule has 0 aromatic heterocycles. The molecule has 9 N–H and O–H groups in total. The van der Waals surface area contributed by atoms with E-state index in [1.54, 1.807) is 0 Å². The lowest BCUT2D eigenvalue weighted by molar-refractivity contribution is -0.133. The fourth-order valence-electron chi connectivity index (χ4n) is 13.2. The first-order valence-corrected chi connectivity index (χ1v) is 42.4. The molecule has 15 heteroatoms. The van der Waals surface area contributed by atoms with Crippen LogP contribution in [0.25, 0.3) is 0 Å². The monoisotopic (exact) mass is 1390 g/mol. The third-order valence-electron chi connectivity index (χ3n) is 19.5. The molecule has 0 aliphatic rings. The van der Waals surface area contributed by atoms with Crippen LogP contribution in [-0.4, -0.2) is 165 Å². The Morgan fingerprint density at radius 1 is 0.263 bits per heavy atom. The van der Waals surface area contributed by atoms with Crippen molar-refractivity contribution in [2.24, 2.45) is 22.9 Å². The van der Waals surface area contributed by atoms with Gasteiger partial charge in [0.05, 0.1) is 13.1 Å². The van der Waals surface area contributed by atoms with Crippen LogP contribution in [-0.2, 0) is 24.0 Å². The molecule has 0 aromatic carbocycles. The van der Waals surface area contributed by atoms with Crippen LogP contribution in [0.2, 0.25) is 0 Å². The second-order valence-corrected chi connectivity index (χ2v) is 29.0. The lowest BCUT2D eigenvalue weighted by Gasteiger charge is -2.27. The number of hydrogen-bond acceptors (Lipinski definition) is 11. The second kappa shape index (κ2) is 77.2. The summed E-state index contributed by atoms with van der Waals surface area (Å²) >= 11 is 0. The third-order valence-corrected chi connectivity index (χ3v) is 19.5. The summed E-state index contributed by atoms with van der Waals surface area (Å²) in [6, 6.07) is 0. The minimum atomic E-state index is -0.0180. The zero-order chi connectivity index (χ0) is 72.2. The molecule has 0 rings (SSSR count). The van der Waals surface area contributed by atoms with Gasteiger partial charge in [-0.2, -0.15) is 0 Å². The molecule has 15 nitrogen and oxygen atoms in total. The van der Waals surface area contributed by atoms with Gasteiger partial charge in [-0.25, -0.2) is 0 Å². The Balaban J connectivity index is 6.12. The van der Waals surface area contributed by atoms with E-state index in [1.165, 1.54) is 173 Å². The Labute approximate surface area is 611 Å². The van der Waals surface area contributed by atoms with E-state index in [-0.39, 0.29) is 29.4 Å². The zero-order valence-electron chi connectivity index (χ0n) is 65.5. The van der Waals surface area contributed by atoms with Gasteiger partial charge in [-0.05, 0) is 213 Å². The van der Waals surface area contributed by atoms with E-state index in [2.05, 4.69) is 77.2 Å². The predicted molar refractivity (Wildman–Crippen MR) is 426 cm³/mol. The summed E-state index contributed by atoms with van der Waals surface area (Å²) in [6.07, 6.45) is 71.2. The van der Waals surface area contributed by atoms with Gasteiger partial charge in [0.15, 0.2) is 0 Å². The molecule has 0 saturated heterocycles. The highest BCUT2D eigenvalue weighted by molar-refractivity contribution is 5.80. The van der Waals surface area contributed by atoms with Crippen LogP contribution in [0.1, 0.15) is 361 Å². The molecule has 0 aliphatic heterocycles. The minimum absolute atomic E-state index is 0.0180. The molecule has 0 bridgehead atoms. The molecule has 0 aliphatic carbocycles. The summed E-state index contributed by atoms with van der Waals surface area (Å²) in [6.45, 7) is 17.0. The maximum absolute atomic E-state index is 14.3. The first-order chi connectivity index (χ1) is 48.6. The van der Waals surface area contributed by atoms with Crippen LogP contribution >= 0.6 is 0 Å². The topological polar surface area (TPSA) is 218 Å². The Bertz CT molecular complexity index is 1870. The van der Waals surface area contributed by atoms with E-state index in [0.29, 0.717) is 124 Å². The average molecular weight is 1390 g/mol. The van der Waals surface area contributed by atoms with Crippen LogP contribution in [0.3, 0.4) is 0 Å². The van der Waals surface area contributed by atoms with Crippen LogP contribution in [0.5, 0.6) is 0 Å². The van der Waals surface area contributed by atoms with Crippen LogP contribution in [0.4, 0.5) is 0 Å². The molecular weight excluding hydrogens is 1230 g/mol. The molecule has 4 amide bonds. The molecule has 0 saturated carbocycles. The van der Waals surface area contributed by atoms with Crippen molar-refractivity contribution in [3.05, 3.63) is 36.5 Å². The maximum atomic E-state index is 14.3. The highest BCUT2D eigenvalue weighted by Gasteiger charge is 2.20. The fraction of sp³-hybridized carbons (Fsp3) is 0.869.